The Balaban J connectivity index is 2.97. The van der Waals surface area contributed by atoms with E-state index in [0.29, 0.717) is 5.01 Å². The molecular weight excluding hydrogens is 278 g/mol. The summed E-state index contributed by atoms with van der Waals surface area (Å²) in [5.74, 6) is -0.865. The number of sulfonamides is 1. The fraction of sp³-hybridized carbons (Fsp3) is 0.667. The second-order valence-electron chi connectivity index (χ2n) is 3.95. The van der Waals surface area contributed by atoms with Crippen molar-refractivity contribution in [3.63, 3.8) is 0 Å². The van der Waals surface area contributed by atoms with Gasteiger partial charge in [0.25, 0.3) is 10.0 Å². The molecule has 0 aliphatic heterocycles. The van der Waals surface area contributed by atoms with E-state index < -0.39 is 22.0 Å². The van der Waals surface area contributed by atoms with Gasteiger partial charge in [0.15, 0.2) is 0 Å². The van der Waals surface area contributed by atoms with Gasteiger partial charge in [0.05, 0.1) is 7.11 Å². The smallest absolute Gasteiger partial charge is 0.324 e. The zero-order valence-corrected chi connectivity index (χ0v) is 12.1. The van der Waals surface area contributed by atoms with E-state index in [2.05, 4.69) is 19.7 Å². The Morgan fingerprint density at radius 1 is 1.39 bits per heavy atom. The number of rotatable bonds is 5. The van der Waals surface area contributed by atoms with Crippen molar-refractivity contribution < 1.29 is 17.9 Å². The average Bonchev–Trinajstić information content (AvgIpc) is 2.72. The van der Waals surface area contributed by atoms with Crippen molar-refractivity contribution in [1.82, 2.24) is 14.9 Å². The van der Waals surface area contributed by atoms with Crippen LogP contribution in [0.15, 0.2) is 4.34 Å². The molecule has 1 N–H and O–H groups in total. The number of hydrogen-bond donors (Lipinski definition) is 1. The van der Waals surface area contributed by atoms with E-state index in [0.717, 1.165) is 11.3 Å². The van der Waals surface area contributed by atoms with Crippen LogP contribution in [0.5, 0.6) is 0 Å². The highest BCUT2D eigenvalue weighted by Gasteiger charge is 2.30. The predicted molar refractivity (Wildman–Crippen MR) is 65.6 cm³/mol. The molecule has 1 aromatic heterocycles. The minimum absolute atomic E-state index is 0.158. The molecule has 1 heterocycles. The first-order valence-corrected chi connectivity index (χ1v) is 7.48. The number of aryl methyl sites for hydroxylation is 1. The summed E-state index contributed by atoms with van der Waals surface area (Å²) in [5.41, 5.74) is 0. The van der Waals surface area contributed by atoms with E-state index in [9.17, 15) is 13.2 Å². The minimum Gasteiger partial charge on any atom is -0.468 e. The molecule has 102 valence electrons. The lowest BCUT2D eigenvalue weighted by Gasteiger charge is -2.18. The first kappa shape index (κ1) is 15.0. The average molecular weight is 293 g/mol. The fourth-order valence-corrected chi connectivity index (χ4v) is 3.50. The number of nitrogens with one attached hydrogen (secondary N) is 1. The fourth-order valence-electron chi connectivity index (χ4n) is 1.19. The highest BCUT2D eigenvalue weighted by molar-refractivity contribution is 7.91. The van der Waals surface area contributed by atoms with Gasteiger partial charge < -0.3 is 4.74 Å². The molecule has 9 heteroatoms. The number of nitrogens with zero attached hydrogens (tertiary/aromatic N) is 2. The largest absolute Gasteiger partial charge is 0.468 e. The van der Waals surface area contributed by atoms with Crippen molar-refractivity contribution in [2.24, 2.45) is 5.92 Å². The summed E-state index contributed by atoms with van der Waals surface area (Å²) in [6.07, 6.45) is 0. The lowest BCUT2D eigenvalue weighted by Crippen LogP contribution is -2.44. The Morgan fingerprint density at radius 2 is 2.00 bits per heavy atom. The van der Waals surface area contributed by atoms with Crippen LogP contribution in [0.3, 0.4) is 0 Å². The topological polar surface area (TPSA) is 98.2 Å². The molecule has 0 saturated carbocycles. The molecule has 0 radical (unpaired) electrons. The highest BCUT2D eigenvalue weighted by Crippen LogP contribution is 2.16. The summed E-state index contributed by atoms with van der Waals surface area (Å²) in [5, 5.41) is 7.72. The number of ether oxygens (including phenoxy) is 1. The quantitative estimate of drug-likeness (QED) is 0.785. The summed E-state index contributed by atoms with van der Waals surface area (Å²) in [6.45, 7) is 5.09. The van der Waals surface area contributed by atoms with E-state index in [1.165, 1.54) is 7.11 Å². The van der Waals surface area contributed by atoms with Gasteiger partial charge in [0.1, 0.15) is 11.0 Å². The van der Waals surface area contributed by atoms with Gasteiger partial charge in [-0.05, 0) is 12.8 Å². The van der Waals surface area contributed by atoms with Crippen LogP contribution in [-0.4, -0.2) is 37.7 Å². The SMILES string of the molecule is COC(=O)C(NS(=O)(=O)c1nnc(C)s1)C(C)C. The van der Waals surface area contributed by atoms with Gasteiger partial charge in [-0.1, -0.05) is 25.2 Å². The normalized spacial score (nSPS) is 13.6. The summed E-state index contributed by atoms with van der Waals surface area (Å²) in [7, 11) is -2.64. The van der Waals surface area contributed by atoms with Crippen LogP contribution in [0.1, 0.15) is 18.9 Å². The maximum atomic E-state index is 12.0. The summed E-state index contributed by atoms with van der Waals surface area (Å²) in [4.78, 5) is 11.5. The zero-order chi connectivity index (χ0) is 13.9. The minimum atomic E-state index is -3.84. The first-order valence-electron chi connectivity index (χ1n) is 5.18. The van der Waals surface area contributed by atoms with Gasteiger partial charge in [-0.25, -0.2) is 8.42 Å². The molecule has 1 aromatic rings. The van der Waals surface area contributed by atoms with Gasteiger partial charge in [-0.15, -0.1) is 10.2 Å². The van der Waals surface area contributed by atoms with Crippen molar-refractivity contribution >= 4 is 27.3 Å². The molecule has 0 fully saturated rings. The summed E-state index contributed by atoms with van der Waals surface area (Å²) in [6, 6.07) is -0.941. The molecule has 1 atom stereocenters. The first-order chi connectivity index (χ1) is 8.27. The summed E-state index contributed by atoms with van der Waals surface area (Å²) >= 11 is 0.943. The molecular formula is C9H15N3O4S2. The number of methoxy groups -OCH3 is 1. The molecule has 0 aromatic carbocycles. The lowest BCUT2D eigenvalue weighted by molar-refractivity contribution is -0.143. The van der Waals surface area contributed by atoms with Gasteiger partial charge in [-0.2, -0.15) is 4.72 Å². The third-order valence-electron chi connectivity index (χ3n) is 2.14. The van der Waals surface area contributed by atoms with Gasteiger partial charge in [0, 0.05) is 0 Å². The maximum Gasteiger partial charge on any atom is 0.324 e. The van der Waals surface area contributed by atoms with E-state index >= 15 is 0 Å². The number of aromatic nitrogens is 2. The van der Waals surface area contributed by atoms with Crippen molar-refractivity contribution in [1.29, 1.82) is 0 Å². The predicted octanol–water partition coefficient (Wildman–Crippen LogP) is 0.322. The lowest BCUT2D eigenvalue weighted by atomic mass is 10.1. The van der Waals surface area contributed by atoms with Crippen LogP contribution in [0.25, 0.3) is 0 Å². The number of carbonyl (C=O) groups is 1. The molecule has 0 saturated heterocycles. The Bertz CT molecular complexity index is 524. The molecule has 0 spiro atoms. The van der Waals surface area contributed by atoms with Crippen LogP contribution >= 0.6 is 11.3 Å². The van der Waals surface area contributed by atoms with Crippen LogP contribution in [0, 0.1) is 12.8 Å². The van der Waals surface area contributed by atoms with Crippen LogP contribution in [-0.2, 0) is 19.6 Å². The molecule has 0 aliphatic carbocycles. The Labute approximate surface area is 110 Å². The van der Waals surface area contributed by atoms with E-state index in [1.807, 2.05) is 0 Å². The molecule has 7 nitrogen and oxygen atoms in total. The maximum absolute atomic E-state index is 12.0. The third-order valence-corrected chi connectivity index (χ3v) is 4.79. The number of carbonyl (C=O) groups excluding carboxylic acids is 1. The standard InChI is InChI=1S/C9H15N3O4S2/c1-5(2)7(8(13)16-4)12-18(14,15)9-11-10-6(3)17-9/h5,7,12H,1-4H3. The monoisotopic (exact) mass is 293 g/mol. The van der Waals surface area contributed by atoms with Gasteiger partial charge >= 0.3 is 5.97 Å². The molecule has 1 unspecified atom stereocenters. The second kappa shape index (κ2) is 5.72. The molecule has 0 aliphatic rings. The van der Waals surface area contributed by atoms with Crippen molar-refractivity contribution in [3.05, 3.63) is 5.01 Å². The second-order valence-corrected chi connectivity index (χ2v) is 7.02. The van der Waals surface area contributed by atoms with Gasteiger partial charge in [0.2, 0.25) is 4.34 Å². The number of hydrogen-bond acceptors (Lipinski definition) is 7. The van der Waals surface area contributed by atoms with Crippen molar-refractivity contribution in [2.75, 3.05) is 7.11 Å². The van der Waals surface area contributed by atoms with Crippen molar-refractivity contribution in [2.45, 2.75) is 31.2 Å². The Kier molecular flexibility index (Phi) is 4.77. The highest BCUT2D eigenvalue weighted by atomic mass is 32.2. The Morgan fingerprint density at radius 3 is 2.39 bits per heavy atom. The van der Waals surface area contributed by atoms with Crippen molar-refractivity contribution in [3.8, 4) is 0 Å². The van der Waals surface area contributed by atoms with Crippen LogP contribution < -0.4 is 4.72 Å². The zero-order valence-electron chi connectivity index (χ0n) is 10.5. The molecule has 18 heavy (non-hydrogen) atoms. The Hall–Kier alpha value is -1.06. The van der Waals surface area contributed by atoms with Crippen LogP contribution in [0.2, 0.25) is 0 Å². The van der Waals surface area contributed by atoms with E-state index in [-0.39, 0.29) is 10.3 Å². The molecule has 0 bridgehead atoms. The van der Waals surface area contributed by atoms with E-state index in [4.69, 9.17) is 0 Å². The number of esters is 1. The van der Waals surface area contributed by atoms with Crippen LogP contribution in [0.4, 0.5) is 0 Å². The molecule has 1 rings (SSSR count). The summed E-state index contributed by atoms with van der Waals surface area (Å²) < 4.78 is 30.6. The molecule has 0 amide bonds. The van der Waals surface area contributed by atoms with Gasteiger partial charge in [-0.3, -0.25) is 4.79 Å². The van der Waals surface area contributed by atoms with E-state index in [1.54, 1.807) is 20.8 Å². The third kappa shape index (κ3) is 3.47.